The SMILES string of the molecule is CCCCN(CC(=O)N(Cc1ccco1)CC1CCCO1)C(=O)CC(C)C. The zero-order valence-electron chi connectivity index (χ0n) is 17.0. The minimum absolute atomic E-state index is 0.0462. The lowest BCUT2D eigenvalue weighted by molar-refractivity contribution is -0.142. The molecule has 0 saturated carbocycles. The van der Waals surface area contributed by atoms with Crippen LogP contribution in [0.4, 0.5) is 0 Å². The van der Waals surface area contributed by atoms with E-state index in [0.717, 1.165) is 38.1 Å². The molecule has 2 amide bonds. The second-order valence-electron chi connectivity index (χ2n) is 7.76. The normalized spacial score (nSPS) is 16.7. The Hall–Kier alpha value is -1.82. The summed E-state index contributed by atoms with van der Waals surface area (Å²) in [5.74, 6) is 1.04. The Morgan fingerprint density at radius 1 is 1.26 bits per heavy atom. The van der Waals surface area contributed by atoms with Crippen LogP contribution >= 0.6 is 0 Å². The third kappa shape index (κ3) is 7.37. The van der Waals surface area contributed by atoms with Crippen molar-refractivity contribution >= 4 is 11.8 Å². The molecule has 2 heterocycles. The van der Waals surface area contributed by atoms with Gasteiger partial charge in [-0.15, -0.1) is 0 Å². The van der Waals surface area contributed by atoms with E-state index >= 15 is 0 Å². The van der Waals surface area contributed by atoms with E-state index in [-0.39, 0.29) is 30.4 Å². The quantitative estimate of drug-likeness (QED) is 0.591. The molecule has 0 N–H and O–H groups in total. The van der Waals surface area contributed by atoms with E-state index in [2.05, 4.69) is 6.92 Å². The summed E-state index contributed by atoms with van der Waals surface area (Å²) in [6.07, 6.45) is 6.05. The minimum Gasteiger partial charge on any atom is -0.467 e. The number of ether oxygens (including phenoxy) is 1. The number of carbonyl (C=O) groups is 2. The van der Waals surface area contributed by atoms with Crippen molar-refractivity contribution < 1.29 is 18.7 Å². The lowest BCUT2D eigenvalue weighted by atomic mass is 10.1. The number of unbranched alkanes of at least 4 members (excludes halogenated alkanes) is 1. The van der Waals surface area contributed by atoms with E-state index in [9.17, 15) is 9.59 Å². The van der Waals surface area contributed by atoms with Crippen LogP contribution in [-0.2, 0) is 20.9 Å². The zero-order chi connectivity index (χ0) is 19.6. The number of hydrogen-bond acceptors (Lipinski definition) is 4. The van der Waals surface area contributed by atoms with Crippen molar-refractivity contribution in [3.63, 3.8) is 0 Å². The van der Waals surface area contributed by atoms with Gasteiger partial charge in [0, 0.05) is 26.1 Å². The summed E-state index contributed by atoms with van der Waals surface area (Å²) in [4.78, 5) is 29.1. The number of furan rings is 1. The molecule has 1 fully saturated rings. The molecule has 152 valence electrons. The van der Waals surface area contributed by atoms with Gasteiger partial charge in [-0.2, -0.15) is 0 Å². The highest BCUT2D eigenvalue weighted by molar-refractivity contribution is 5.85. The first-order valence-electron chi connectivity index (χ1n) is 10.2. The van der Waals surface area contributed by atoms with Crippen LogP contribution in [-0.4, -0.2) is 54.0 Å². The average Bonchev–Trinajstić information content (AvgIpc) is 3.31. The molecule has 1 aromatic heterocycles. The lowest BCUT2D eigenvalue weighted by Crippen LogP contribution is -2.45. The smallest absolute Gasteiger partial charge is 0.242 e. The molecule has 0 bridgehead atoms. The summed E-state index contributed by atoms with van der Waals surface area (Å²) < 4.78 is 11.2. The fourth-order valence-electron chi connectivity index (χ4n) is 3.26. The predicted octanol–water partition coefficient (Wildman–Crippen LogP) is 3.46. The average molecular weight is 379 g/mol. The summed E-state index contributed by atoms with van der Waals surface area (Å²) in [5.41, 5.74) is 0. The molecule has 0 spiro atoms. The molecule has 1 atom stereocenters. The van der Waals surface area contributed by atoms with E-state index in [1.165, 1.54) is 0 Å². The molecular weight excluding hydrogens is 344 g/mol. The molecule has 6 heteroatoms. The maximum atomic E-state index is 13.1. The molecule has 0 aliphatic carbocycles. The van der Waals surface area contributed by atoms with Gasteiger partial charge in [0.1, 0.15) is 5.76 Å². The molecule has 0 radical (unpaired) electrons. The first-order valence-corrected chi connectivity index (χ1v) is 10.2. The third-order valence-corrected chi connectivity index (χ3v) is 4.77. The standard InChI is InChI=1S/C21H34N2O4/c1-4-5-10-22(20(24)13-17(2)3)16-21(25)23(14-18-8-6-11-26-18)15-19-9-7-12-27-19/h6,8,11,17,19H,4-5,7,9-10,12-16H2,1-3H3. The molecule has 1 unspecified atom stereocenters. The van der Waals surface area contributed by atoms with E-state index in [4.69, 9.17) is 9.15 Å². The number of rotatable bonds is 11. The highest BCUT2D eigenvalue weighted by atomic mass is 16.5. The van der Waals surface area contributed by atoms with E-state index in [1.54, 1.807) is 16.1 Å². The van der Waals surface area contributed by atoms with Crippen molar-refractivity contribution in [3.8, 4) is 0 Å². The first-order chi connectivity index (χ1) is 13.0. The van der Waals surface area contributed by atoms with Crippen LogP contribution in [0.3, 0.4) is 0 Å². The molecule has 0 aromatic carbocycles. The van der Waals surface area contributed by atoms with Gasteiger partial charge in [0.15, 0.2) is 0 Å². The van der Waals surface area contributed by atoms with Crippen molar-refractivity contribution in [1.29, 1.82) is 0 Å². The Morgan fingerprint density at radius 3 is 2.67 bits per heavy atom. The summed E-state index contributed by atoms with van der Waals surface area (Å²) in [6, 6.07) is 3.69. The monoisotopic (exact) mass is 378 g/mol. The largest absolute Gasteiger partial charge is 0.467 e. The third-order valence-electron chi connectivity index (χ3n) is 4.77. The van der Waals surface area contributed by atoms with Gasteiger partial charge in [0.05, 0.1) is 25.5 Å². The number of nitrogens with zero attached hydrogens (tertiary/aromatic N) is 2. The van der Waals surface area contributed by atoms with Gasteiger partial charge in [0.25, 0.3) is 0 Å². The molecule has 27 heavy (non-hydrogen) atoms. The number of carbonyl (C=O) groups excluding carboxylic acids is 2. The Kier molecular flexibility index (Phi) is 8.85. The van der Waals surface area contributed by atoms with Gasteiger partial charge in [-0.25, -0.2) is 0 Å². The lowest BCUT2D eigenvalue weighted by Gasteiger charge is -2.29. The highest BCUT2D eigenvalue weighted by Crippen LogP contribution is 2.16. The molecule has 1 aliphatic heterocycles. The van der Waals surface area contributed by atoms with Crippen LogP contribution in [0.1, 0.15) is 58.6 Å². The van der Waals surface area contributed by atoms with Crippen LogP contribution in [0.25, 0.3) is 0 Å². The van der Waals surface area contributed by atoms with Crippen LogP contribution in [0, 0.1) is 5.92 Å². The second-order valence-corrected chi connectivity index (χ2v) is 7.76. The van der Waals surface area contributed by atoms with E-state index in [0.29, 0.717) is 26.1 Å². The fourth-order valence-corrected chi connectivity index (χ4v) is 3.26. The zero-order valence-corrected chi connectivity index (χ0v) is 17.0. The number of hydrogen-bond donors (Lipinski definition) is 0. The summed E-state index contributed by atoms with van der Waals surface area (Å²) in [7, 11) is 0. The maximum Gasteiger partial charge on any atom is 0.242 e. The van der Waals surface area contributed by atoms with Crippen LogP contribution in [0.2, 0.25) is 0 Å². The van der Waals surface area contributed by atoms with Crippen molar-refractivity contribution in [3.05, 3.63) is 24.2 Å². The Morgan fingerprint density at radius 2 is 2.07 bits per heavy atom. The van der Waals surface area contributed by atoms with Gasteiger partial charge in [-0.3, -0.25) is 9.59 Å². The molecular formula is C21H34N2O4. The Labute approximate surface area is 162 Å². The first kappa shape index (κ1) is 21.5. The molecule has 1 aromatic rings. The second kappa shape index (κ2) is 11.1. The fraction of sp³-hybridized carbons (Fsp3) is 0.714. The van der Waals surface area contributed by atoms with Crippen molar-refractivity contribution in [2.45, 2.75) is 65.5 Å². The van der Waals surface area contributed by atoms with Gasteiger partial charge in [0.2, 0.25) is 11.8 Å². The summed E-state index contributed by atoms with van der Waals surface area (Å²) in [6.45, 7) is 8.60. The van der Waals surface area contributed by atoms with Crippen LogP contribution in [0.5, 0.6) is 0 Å². The predicted molar refractivity (Wildman–Crippen MR) is 104 cm³/mol. The van der Waals surface area contributed by atoms with Crippen molar-refractivity contribution in [2.24, 2.45) is 5.92 Å². The molecule has 2 rings (SSSR count). The maximum absolute atomic E-state index is 13.1. The summed E-state index contributed by atoms with van der Waals surface area (Å²) >= 11 is 0. The van der Waals surface area contributed by atoms with E-state index < -0.39 is 0 Å². The topological polar surface area (TPSA) is 63.0 Å². The van der Waals surface area contributed by atoms with E-state index in [1.807, 2.05) is 26.0 Å². The van der Waals surface area contributed by atoms with Crippen LogP contribution in [0.15, 0.2) is 22.8 Å². The molecule has 6 nitrogen and oxygen atoms in total. The van der Waals surface area contributed by atoms with Crippen molar-refractivity contribution in [2.75, 3.05) is 26.2 Å². The molecule has 1 saturated heterocycles. The summed E-state index contributed by atoms with van der Waals surface area (Å²) in [5, 5.41) is 0. The number of amides is 2. The van der Waals surface area contributed by atoms with Crippen LogP contribution < -0.4 is 0 Å². The minimum atomic E-state index is -0.0462. The molecule has 1 aliphatic rings. The Balaban J connectivity index is 2.03. The van der Waals surface area contributed by atoms with Gasteiger partial charge >= 0.3 is 0 Å². The van der Waals surface area contributed by atoms with Gasteiger partial charge in [-0.1, -0.05) is 27.2 Å². The highest BCUT2D eigenvalue weighted by Gasteiger charge is 2.26. The van der Waals surface area contributed by atoms with Crippen molar-refractivity contribution in [1.82, 2.24) is 9.80 Å². The van der Waals surface area contributed by atoms with Gasteiger partial charge in [-0.05, 0) is 37.3 Å². The van der Waals surface area contributed by atoms with Gasteiger partial charge < -0.3 is 19.0 Å². The Bertz CT molecular complexity index is 565.